The molecule has 6 heteroatoms. The number of aliphatic imine (C=N–C) groups is 1. The van der Waals surface area contributed by atoms with Crippen molar-refractivity contribution in [1.29, 1.82) is 0 Å². The monoisotopic (exact) mass is 385 g/mol. The Balaban J connectivity index is 0.00000324. The molecule has 5 nitrogen and oxygen atoms in total. The summed E-state index contributed by atoms with van der Waals surface area (Å²) in [5.41, 5.74) is 0. The third-order valence-corrected chi connectivity index (χ3v) is 2.79. The van der Waals surface area contributed by atoms with Crippen LogP contribution in [0.5, 0.6) is 0 Å². The van der Waals surface area contributed by atoms with Gasteiger partial charge in [-0.2, -0.15) is 0 Å². The lowest BCUT2D eigenvalue weighted by Gasteiger charge is -2.16. The molecule has 0 aromatic carbocycles. The first-order valence-corrected chi connectivity index (χ1v) is 6.89. The van der Waals surface area contributed by atoms with Gasteiger partial charge in [-0.05, 0) is 26.2 Å². The Kier molecular flexibility index (Phi) is 11.7. The molecule has 0 aliphatic carbocycles. The normalized spacial score (nSPS) is 19.1. The van der Waals surface area contributed by atoms with Crippen LogP contribution in [0.15, 0.2) is 4.99 Å². The molecule has 1 heterocycles. The maximum atomic E-state index is 5.59. The first-order valence-electron chi connectivity index (χ1n) is 6.89. The van der Waals surface area contributed by atoms with Gasteiger partial charge in [-0.15, -0.1) is 24.0 Å². The van der Waals surface area contributed by atoms with E-state index in [4.69, 9.17) is 9.47 Å². The second-order valence-corrected chi connectivity index (χ2v) is 4.69. The molecule has 0 aromatic rings. The van der Waals surface area contributed by atoms with Gasteiger partial charge >= 0.3 is 0 Å². The Morgan fingerprint density at radius 3 is 2.84 bits per heavy atom. The molecule has 1 fully saturated rings. The predicted molar refractivity (Wildman–Crippen MR) is 89.5 cm³/mol. The van der Waals surface area contributed by atoms with Crippen LogP contribution < -0.4 is 5.32 Å². The van der Waals surface area contributed by atoms with Gasteiger partial charge in [0.1, 0.15) is 0 Å². The van der Waals surface area contributed by atoms with Crippen LogP contribution in [0.1, 0.15) is 26.2 Å². The van der Waals surface area contributed by atoms with Crippen LogP contribution in [0.3, 0.4) is 0 Å². The molecule has 1 rings (SSSR count). The molecule has 0 spiro atoms. The van der Waals surface area contributed by atoms with Crippen LogP contribution in [0.25, 0.3) is 0 Å². The Morgan fingerprint density at radius 1 is 1.47 bits per heavy atom. The third kappa shape index (κ3) is 8.65. The molecule has 1 unspecified atom stereocenters. The zero-order chi connectivity index (χ0) is 13.2. The molecule has 1 saturated heterocycles. The first-order chi connectivity index (χ1) is 8.74. The summed E-state index contributed by atoms with van der Waals surface area (Å²) in [4.78, 5) is 6.50. The van der Waals surface area contributed by atoms with Crippen molar-refractivity contribution in [1.82, 2.24) is 10.2 Å². The molecule has 1 atom stereocenters. The summed E-state index contributed by atoms with van der Waals surface area (Å²) in [6.07, 6.45) is 3.60. The van der Waals surface area contributed by atoms with Crippen LogP contribution in [0, 0.1) is 0 Å². The van der Waals surface area contributed by atoms with E-state index >= 15 is 0 Å². The van der Waals surface area contributed by atoms with Gasteiger partial charge in [-0.3, -0.25) is 4.99 Å². The molecule has 19 heavy (non-hydrogen) atoms. The number of ether oxygens (including phenoxy) is 2. The van der Waals surface area contributed by atoms with E-state index in [1.165, 1.54) is 6.42 Å². The third-order valence-electron chi connectivity index (χ3n) is 2.79. The summed E-state index contributed by atoms with van der Waals surface area (Å²) >= 11 is 0. The highest BCUT2D eigenvalue weighted by Crippen LogP contribution is 2.11. The number of hydrogen-bond acceptors (Lipinski definition) is 3. The zero-order valence-electron chi connectivity index (χ0n) is 12.4. The van der Waals surface area contributed by atoms with E-state index in [0.717, 1.165) is 51.7 Å². The van der Waals surface area contributed by atoms with Crippen molar-refractivity contribution in [2.75, 3.05) is 47.0 Å². The Labute approximate surface area is 134 Å². The van der Waals surface area contributed by atoms with Crippen LogP contribution in [0.4, 0.5) is 0 Å². The van der Waals surface area contributed by atoms with E-state index in [9.17, 15) is 0 Å². The molecule has 0 aromatic heterocycles. The lowest BCUT2D eigenvalue weighted by atomic mass is 10.2. The summed E-state index contributed by atoms with van der Waals surface area (Å²) in [5.74, 6) is 0.941. The van der Waals surface area contributed by atoms with E-state index in [0.29, 0.717) is 6.10 Å². The van der Waals surface area contributed by atoms with Gasteiger partial charge < -0.3 is 19.7 Å². The average Bonchev–Trinajstić information content (AvgIpc) is 2.84. The summed E-state index contributed by atoms with van der Waals surface area (Å²) in [5, 5.41) is 3.23. The Morgan fingerprint density at radius 2 is 2.26 bits per heavy atom. The lowest BCUT2D eigenvalue weighted by Crippen LogP contribution is -2.36. The molecule has 0 radical (unpaired) electrons. The highest BCUT2D eigenvalue weighted by Gasteiger charge is 2.14. The second kappa shape index (κ2) is 11.7. The molecular weight excluding hydrogens is 357 g/mol. The van der Waals surface area contributed by atoms with Crippen molar-refractivity contribution in [3.8, 4) is 0 Å². The predicted octanol–water partition coefficient (Wildman–Crippen LogP) is 1.72. The average molecular weight is 385 g/mol. The summed E-state index contributed by atoms with van der Waals surface area (Å²) < 4.78 is 11.1. The minimum Gasteiger partial charge on any atom is -0.379 e. The molecule has 1 aliphatic rings. The second-order valence-electron chi connectivity index (χ2n) is 4.69. The van der Waals surface area contributed by atoms with E-state index in [1.807, 2.05) is 19.0 Å². The highest BCUT2D eigenvalue weighted by atomic mass is 127. The fourth-order valence-corrected chi connectivity index (χ4v) is 1.86. The molecule has 1 N–H and O–H groups in total. The lowest BCUT2D eigenvalue weighted by molar-refractivity contribution is 0.0170. The topological polar surface area (TPSA) is 46.1 Å². The van der Waals surface area contributed by atoms with Gasteiger partial charge in [0.05, 0.1) is 12.7 Å². The van der Waals surface area contributed by atoms with Crippen molar-refractivity contribution in [2.24, 2.45) is 4.99 Å². The quantitative estimate of drug-likeness (QED) is 0.314. The van der Waals surface area contributed by atoms with E-state index in [1.54, 1.807) is 0 Å². The van der Waals surface area contributed by atoms with Crippen molar-refractivity contribution in [2.45, 2.75) is 32.3 Å². The first kappa shape index (κ1) is 18.9. The SMILES string of the molecule is CCNC(=NCCCOCC1CCCO1)N(C)C.I. The largest absolute Gasteiger partial charge is 0.379 e. The number of guanidine groups is 1. The smallest absolute Gasteiger partial charge is 0.193 e. The van der Waals surface area contributed by atoms with Crippen LogP contribution in [0.2, 0.25) is 0 Å². The van der Waals surface area contributed by atoms with Crippen LogP contribution >= 0.6 is 24.0 Å². The number of halogens is 1. The van der Waals surface area contributed by atoms with E-state index in [-0.39, 0.29) is 24.0 Å². The van der Waals surface area contributed by atoms with Crippen molar-refractivity contribution in [3.63, 3.8) is 0 Å². The summed E-state index contributed by atoms with van der Waals surface area (Å²) in [6.45, 7) is 6.16. The summed E-state index contributed by atoms with van der Waals surface area (Å²) in [7, 11) is 3.99. The van der Waals surface area contributed by atoms with Crippen LogP contribution in [-0.4, -0.2) is 64.0 Å². The van der Waals surface area contributed by atoms with Gasteiger partial charge in [0.2, 0.25) is 0 Å². The molecule has 0 saturated carbocycles. The van der Waals surface area contributed by atoms with E-state index < -0.39 is 0 Å². The van der Waals surface area contributed by atoms with E-state index in [2.05, 4.69) is 17.2 Å². The molecule has 0 amide bonds. The van der Waals surface area contributed by atoms with Crippen molar-refractivity contribution < 1.29 is 9.47 Å². The van der Waals surface area contributed by atoms with Gasteiger partial charge in [-0.25, -0.2) is 0 Å². The molecule has 0 bridgehead atoms. The number of nitrogens with zero attached hydrogens (tertiary/aromatic N) is 2. The van der Waals surface area contributed by atoms with Gasteiger partial charge in [0.25, 0.3) is 0 Å². The fourth-order valence-electron chi connectivity index (χ4n) is 1.86. The van der Waals surface area contributed by atoms with Gasteiger partial charge in [0, 0.05) is 40.4 Å². The standard InChI is InChI=1S/C13H27N3O2.HI/c1-4-14-13(16(2)3)15-8-6-9-17-11-12-7-5-10-18-12;/h12H,4-11H2,1-3H3,(H,14,15);1H. The maximum Gasteiger partial charge on any atom is 0.193 e. The number of nitrogens with one attached hydrogen (secondary N) is 1. The summed E-state index contributed by atoms with van der Waals surface area (Å²) in [6, 6.07) is 0. The van der Waals surface area contributed by atoms with Crippen molar-refractivity contribution >= 4 is 29.9 Å². The minimum atomic E-state index is 0. The van der Waals surface area contributed by atoms with Gasteiger partial charge in [0.15, 0.2) is 5.96 Å². The number of rotatable bonds is 7. The Hall–Kier alpha value is -0.0800. The van der Waals surface area contributed by atoms with Crippen LogP contribution in [-0.2, 0) is 9.47 Å². The highest BCUT2D eigenvalue weighted by molar-refractivity contribution is 14.0. The van der Waals surface area contributed by atoms with Gasteiger partial charge in [-0.1, -0.05) is 0 Å². The number of hydrogen-bond donors (Lipinski definition) is 1. The maximum absolute atomic E-state index is 5.59. The zero-order valence-corrected chi connectivity index (χ0v) is 14.7. The fraction of sp³-hybridized carbons (Fsp3) is 0.923. The Bertz CT molecular complexity index is 244. The minimum absolute atomic E-state index is 0. The molecule has 114 valence electrons. The molecule has 1 aliphatic heterocycles. The molecular formula is C13H28IN3O2. The van der Waals surface area contributed by atoms with Crippen molar-refractivity contribution in [3.05, 3.63) is 0 Å².